The lowest BCUT2D eigenvalue weighted by molar-refractivity contribution is -0.0712. The van der Waals surface area contributed by atoms with E-state index in [4.69, 9.17) is 9.72 Å². The van der Waals surface area contributed by atoms with Crippen LogP contribution < -0.4 is 11.2 Å². The van der Waals surface area contributed by atoms with Gasteiger partial charge in [0.2, 0.25) is 0 Å². The predicted molar refractivity (Wildman–Crippen MR) is 116 cm³/mol. The first-order valence-electron chi connectivity index (χ1n) is 10.3. The third kappa shape index (κ3) is 3.73. The van der Waals surface area contributed by atoms with Crippen molar-refractivity contribution in [2.24, 2.45) is 14.1 Å². The van der Waals surface area contributed by atoms with Gasteiger partial charge in [0.25, 0.3) is 5.56 Å². The van der Waals surface area contributed by atoms with Crippen LogP contribution in [-0.2, 0) is 31.9 Å². The van der Waals surface area contributed by atoms with Crippen molar-refractivity contribution >= 4 is 11.2 Å². The molecule has 4 rings (SSSR count). The summed E-state index contributed by atoms with van der Waals surface area (Å²) in [6, 6.07) is 8.26. The highest BCUT2D eigenvalue weighted by Gasteiger charge is 2.25. The van der Waals surface area contributed by atoms with Gasteiger partial charge in [-0.2, -0.15) is 0 Å². The first-order valence-corrected chi connectivity index (χ1v) is 10.3. The van der Waals surface area contributed by atoms with Gasteiger partial charge in [-0.25, -0.2) is 9.78 Å². The molecule has 0 saturated carbocycles. The Hall–Kier alpha value is -2.71. The summed E-state index contributed by atoms with van der Waals surface area (Å²) in [5.74, 6) is 0.783. The number of aromatic nitrogens is 4. The van der Waals surface area contributed by atoms with E-state index in [0.717, 1.165) is 29.0 Å². The highest BCUT2D eigenvalue weighted by Crippen LogP contribution is 2.19. The maximum Gasteiger partial charge on any atom is 0.332 e. The van der Waals surface area contributed by atoms with E-state index in [1.807, 2.05) is 11.5 Å². The third-order valence-electron chi connectivity index (χ3n) is 5.75. The standard InChI is InChI=1S/C22H29N5O3/c1-14-6-8-17(9-7-14)12-27-18(13-26-10-15(2)30-16(3)11-26)23-20-19(27)21(28)25(5)22(29)24(20)4/h6-9,15-16H,10-13H2,1-5H3/t15-,16-/m1/s1. The molecule has 0 radical (unpaired) electrons. The van der Waals surface area contributed by atoms with Crippen molar-refractivity contribution in [2.75, 3.05) is 13.1 Å². The molecule has 1 aliphatic heterocycles. The number of morpholine rings is 1. The minimum absolute atomic E-state index is 0.140. The van der Waals surface area contributed by atoms with E-state index < -0.39 is 0 Å². The average molecular weight is 412 g/mol. The first-order chi connectivity index (χ1) is 14.2. The molecule has 3 heterocycles. The van der Waals surface area contributed by atoms with Crippen molar-refractivity contribution in [1.29, 1.82) is 0 Å². The van der Waals surface area contributed by atoms with Gasteiger partial charge in [0.15, 0.2) is 11.2 Å². The summed E-state index contributed by atoms with van der Waals surface area (Å²) < 4.78 is 10.4. The largest absolute Gasteiger partial charge is 0.373 e. The molecular weight excluding hydrogens is 382 g/mol. The summed E-state index contributed by atoms with van der Waals surface area (Å²) in [5, 5.41) is 0. The van der Waals surface area contributed by atoms with Gasteiger partial charge < -0.3 is 9.30 Å². The molecule has 0 unspecified atom stereocenters. The van der Waals surface area contributed by atoms with Gasteiger partial charge >= 0.3 is 5.69 Å². The van der Waals surface area contributed by atoms with E-state index in [1.165, 1.54) is 17.2 Å². The second-order valence-corrected chi connectivity index (χ2v) is 8.43. The number of aryl methyl sites for hydroxylation is 2. The van der Waals surface area contributed by atoms with Crippen molar-refractivity contribution in [3.05, 3.63) is 62.1 Å². The Balaban J connectivity index is 1.84. The maximum absolute atomic E-state index is 13.0. The van der Waals surface area contributed by atoms with E-state index in [1.54, 1.807) is 7.05 Å². The minimum Gasteiger partial charge on any atom is -0.373 e. The molecule has 0 spiro atoms. The Morgan fingerprint density at radius 3 is 2.27 bits per heavy atom. The molecular formula is C22H29N5O3. The maximum atomic E-state index is 13.0. The number of nitrogens with zero attached hydrogens (tertiary/aromatic N) is 5. The van der Waals surface area contributed by atoms with E-state index in [9.17, 15) is 9.59 Å². The minimum atomic E-state index is -0.368. The fraction of sp³-hybridized carbons (Fsp3) is 0.500. The zero-order chi connectivity index (χ0) is 21.6. The molecule has 0 bridgehead atoms. The van der Waals surface area contributed by atoms with Crippen LogP contribution in [0.1, 0.15) is 30.8 Å². The molecule has 1 fully saturated rings. The Morgan fingerprint density at radius 1 is 1.00 bits per heavy atom. The van der Waals surface area contributed by atoms with Gasteiger partial charge in [-0.3, -0.25) is 18.8 Å². The van der Waals surface area contributed by atoms with Crippen molar-refractivity contribution in [1.82, 2.24) is 23.6 Å². The monoisotopic (exact) mass is 411 g/mol. The SMILES string of the molecule is Cc1ccc(Cn2c(CN3C[C@@H](C)O[C@H](C)C3)nc3c2c(=O)n(C)c(=O)n3C)cc1. The topological polar surface area (TPSA) is 74.3 Å². The lowest BCUT2D eigenvalue weighted by Gasteiger charge is -2.35. The lowest BCUT2D eigenvalue weighted by Crippen LogP contribution is -2.45. The molecule has 3 aromatic rings. The van der Waals surface area contributed by atoms with Crippen molar-refractivity contribution in [2.45, 2.75) is 46.1 Å². The molecule has 0 amide bonds. The fourth-order valence-corrected chi connectivity index (χ4v) is 4.27. The van der Waals surface area contributed by atoms with Crippen LogP contribution in [0.5, 0.6) is 0 Å². The van der Waals surface area contributed by atoms with Gasteiger partial charge in [-0.1, -0.05) is 29.8 Å². The Kier molecular flexibility index (Phi) is 5.38. The molecule has 160 valence electrons. The van der Waals surface area contributed by atoms with Gasteiger partial charge in [0.1, 0.15) is 5.82 Å². The van der Waals surface area contributed by atoms with Gasteiger partial charge in [-0.15, -0.1) is 0 Å². The normalized spacial score (nSPS) is 20.2. The average Bonchev–Trinajstić information content (AvgIpc) is 3.03. The Morgan fingerprint density at radius 2 is 1.63 bits per heavy atom. The number of hydrogen-bond acceptors (Lipinski definition) is 5. The molecule has 1 aliphatic rings. The van der Waals surface area contributed by atoms with Gasteiger partial charge in [0.05, 0.1) is 18.8 Å². The van der Waals surface area contributed by atoms with E-state index >= 15 is 0 Å². The number of benzene rings is 1. The molecule has 2 atom stereocenters. The summed E-state index contributed by atoms with van der Waals surface area (Å²) in [7, 11) is 3.17. The van der Waals surface area contributed by atoms with Crippen LogP contribution in [0.2, 0.25) is 0 Å². The van der Waals surface area contributed by atoms with E-state index in [-0.39, 0.29) is 23.5 Å². The first kappa shape index (κ1) is 20.6. The van der Waals surface area contributed by atoms with Crippen LogP contribution in [0.25, 0.3) is 11.2 Å². The van der Waals surface area contributed by atoms with Crippen molar-refractivity contribution in [3.8, 4) is 0 Å². The van der Waals surface area contributed by atoms with Crippen LogP contribution in [0.15, 0.2) is 33.9 Å². The molecule has 8 heteroatoms. The number of rotatable bonds is 4. The van der Waals surface area contributed by atoms with Crippen LogP contribution in [0, 0.1) is 6.92 Å². The van der Waals surface area contributed by atoms with Crippen LogP contribution >= 0.6 is 0 Å². The van der Waals surface area contributed by atoms with Crippen molar-refractivity contribution in [3.63, 3.8) is 0 Å². The highest BCUT2D eigenvalue weighted by atomic mass is 16.5. The van der Waals surface area contributed by atoms with Crippen LogP contribution in [0.4, 0.5) is 0 Å². The zero-order valence-corrected chi connectivity index (χ0v) is 18.3. The van der Waals surface area contributed by atoms with Crippen LogP contribution in [-0.4, -0.2) is 48.9 Å². The summed E-state index contributed by atoms with van der Waals surface area (Å²) in [6.07, 6.45) is 0.279. The molecule has 1 aromatic carbocycles. The van der Waals surface area contributed by atoms with Gasteiger partial charge in [-0.05, 0) is 26.3 Å². The molecule has 0 aliphatic carbocycles. The second-order valence-electron chi connectivity index (χ2n) is 8.43. The molecule has 0 N–H and O–H groups in total. The molecule has 2 aromatic heterocycles. The number of hydrogen-bond donors (Lipinski definition) is 0. The molecule has 30 heavy (non-hydrogen) atoms. The van der Waals surface area contributed by atoms with E-state index in [2.05, 4.69) is 43.0 Å². The smallest absolute Gasteiger partial charge is 0.332 e. The number of ether oxygens (including phenoxy) is 1. The number of imidazole rings is 1. The predicted octanol–water partition coefficient (Wildman–Crippen LogP) is 1.40. The number of fused-ring (bicyclic) bond motifs is 1. The van der Waals surface area contributed by atoms with Crippen LogP contribution in [0.3, 0.4) is 0 Å². The summed E-state index contributed by atoms with van der Waals surface area (Å²) in [6.45, 7) is 8.90. The molecule has 1 saturated heterocycles. The van der Waals surface area contributed by atoms with E-state index in [0.29, 0.717) is 24.3 Å². The summed E-state index contributed by atoms with van der Waals surface area (Å²) >= 11 is 0. The lowest BCUT2D eigenvalue weighted by atomic mass is 10.1. The fourth-order valence-electron chi connectivity index (χ4n) is 4.27. The zero-order valence-electron chi connectivity index (χ0n) is 18.3. The second kappa shape index (κ2) is 7.85. The van der Waals surface area contributed by atoms with Crippen molar-refractivity contribution < 1.29 is 4.74 Å². The summed E-state index contributed by atoms with van der Waals surface area (Å²) in [5.41, 5.74) is 2.48. The Labute approximate surface area is 175 Å². The highest BCUT2D eigenvalue weighted by molar-refractivity contribution is 5.71. The Bertz CT molecular complexity index is 1180. The molecule has 8 nitrogen and oxygen atoms in total. The van der Waals surface area contributed by atoms with Gasteiger partial charge in [0, 0.05) is 33.7 Å². The summed E-state index contributed by atoms with van der Waals surface area (Å²) in [4.78, 5) is 32.5. The third-order valence-corrected chi connectivity index (χ3v) is 5.75. The quantitative estimate of drug-likeness (QED) is 0.649.